The monoisotopic (exact) mass is 236 g/mol. The van der Waals surface area contributed by atoms with Gasteiger partial charge in [-0.2, -0.15) is 5.26 Å². The molecule has 0 spiro atoms. The number of aliphatic hydroxyl groups is 1. The molecule has 17 heavy (non-hydrogen) atoms. The van der Waals surface area contributed by atoms with Crippen molar-refractivity contribution in [3.05, 3.63) is 0 Å². The molecule has 4 nitrogen and oxygen atoms in total. The van der Waals surface area contributed by atoms with Gasteiger partial charge in [-0.15, -0.1) is 0 Å². The van der Waals surface area contributed by atoms with E-state index < -0.39 is 5.41 Å². The van der Waals surface area contributed by atoms with Crippen molar-refractivity contribution in [2.45, 2.75) is 38.5 Å². The maximum atomic E-state index is 12.3. The van der Waals surface area contributed by atoms with E-state index in [4.69, 9.17) is 10.4 Å². The fourth-order valence-electron chi connectivity index (χ4n) is 2.87. The number of aliphatic hydroxyl groups excluding tert-OH is 1. The first-order valence-corrected chi connectivity index (χ1v) is 6.53. The minimum absolute atomic E-state index is 0.0360. The van der Waals surface area contributed by atoms with Crippen LogP contribution in [0.2, 0.25) is 0 Å². The topological polar surface area (TPSA) is 64.3 Å². The van der Waals surface area contributed by atoms with E-state index in [-0.39, 0.29) is 12.5 Å². The Kier molecular flexibility index (Phi) is 3.68. The Bertz CT molecular complexity index is 329. The molecule has 1 aliphatic heterocycles. The minimum atomic E-state index is -0.707. The fourth-order valence-corrected chi connectivity index (χ4v) is 2.87. The maximum absolute atomic E-state index is 12.3. The molecule has 0 aromatic rings. The van der Waals surface area contributed by atoms with E-state index in [1.807, 2.05) is 4.90 Å². The lowest BCUT2D eigenvalue weighted by Crippen LogP contribution is -2.50. The van der Waals surface area contributed by atoms with Gasteiger partial charge >= 0.3 is 0 Å². The smallest absolute Gasteiger partial charge is 0.243 e. The lowest BCUT2D eigenvalue weighted by molar-refractivity contribution is -0.145. The van der Waals surface area contributed by atoms with E-state index in [0.29, 0.717) is 5.92 Å². The van der Waals surface area contributed by atoms with E-state index in [1.165, 1.54) is 0 Å². The Morgan fingerprint density at radius 1 is 1.47 bits per heavy atom. The van der Waals surface area contributed by atoms with Crippen molar-refractivity contribution in [1.82, 2.24) is 4.90 Å². The standard InChI is InChI=1S/C13H20N2O2/c14-10-13(5-2-6-13)12(17)15-7-1-3-11(9-15)4-8-16/h11,16H,1-9H2. The molecule has 1 heterocycles. The van der Waals surface area contributed by atoms with Crippen LogP contribution in [0.3, 0.4) is 0 Å². The first kappa shape index (κ1) is 12.4. The van der Waals surface area contributed by atoms with Gasteiger partial charge in [0.05, 0.1) is 6.07 Å². The highest BCUT2D eigenvalue weighted by molar-refractivity contribution is 5.86. The first-order chi connectivity index (χ1) is 8.22. The quantitative estimate of drug-likeness (QED) is 0.803. The van der Waals surface area contributed by atoms with Crippen LogP contribution in [0.1, 0.15) is 38.5 Å². The van der Waals surface area contributed by atoms with Crippen LogP contribution in [0.5, 0.6) is 0 Å². The van der Waals surface area contributed by atoms with Gasteiger partial charge in [-0.3, -0.25) is 4.79 Å². The molecule has 1 saturated heterocycles. The molecule has 1 saturated carbocycles. The van der Waals surface area contributed by atoms with Crippen molar-refractivity contribution < 1.29 is 9.90 Å². The van der Waals surface area contributed by atoms with E-state index in [9.17, 15) is 4.79 Å². The van der Waals surface area contributed by atoms with Crippen LogP contribution < -0.4 is 0 Å². The van der Waals surface area contributed by atoms with Gasteiger partial charge in [0.25, 0.3) is 0 Å². The van der Waals surface area contributed by atoms with Gasteiger partial charge < -0.3 is 10.0 Å². The van der Waals surface area contributed by atoms with Crippen molar-refractivity contribution in [3.63, 3.8) is 0 Å². The second-order valence-electron chi connectivity index (χ2n) is 5.32. The molecule has 2 fully saturated rings. The molecule has 4 heteroatoms. The number of nitrogens with zero attached hydrogens (tertiary/aromatic N) is 2. The Balaban J connectivity index is 1.97. The predicted molar refractivity (Wildman–Crippen MR) is 62.9 cm³/mol. The van der Waals surface area contributed by atoms with Crippen LogP contribution in [0, 0.1) is 22.7 Å². The average molecular weight is 236 g/mol. The fraction of sp³-hybridized carbons (Fsp3) is 0.846. The summed E-state index contributed by atoms with van der Waals surface area (Å²) in [7, 11) is 0. The summed E-state index contributed by atoms with van der Waals surface area (Å²) in [5.74, 6) is 0.447. The maximum Gasteiger partial charge on any atom is 0.243 e. The summed E-state index contributed by atoms with van der Waals surface area (Å²) >= 11 is 0. The van der Waals surface area contributed by atoms with Crippen LogP contribution in [-0.4, -0.2) is 35.6 Å². The number of carbonyl (C=O) groups is 1. The van der Waals surface area contributed by atoms with Crippen molar-refractivity contribution in [1.29, 1.82) is 5.26 Å². The van der Waals surface area contributed by atoms with Crippen LogP contribution in [-0.2, 0) is 4.79 Å². The van der Waals surface area contributed by atoms with Gasteiger partial charge in [0, 0.05) is 19.7 Å². The zero-order valence-electron chi connectivity index (χ0n) is 10.2. The molecule has 1 N–H and O–H groups in total. The van der Waals surface area contributed by atoms with Crippen LogP contribution in [0.15, 0.2) is 0 Å². The molecule has 2 rings (SSSR count). The number of likely N-dealkylation sites (tertiary alicyclic amines) is 1. The van der Waals surface area contributed by atoms with E-state index >= 15 is 0 Å². The van der Waals surface area contributed by atoms with E-state index in [0.717, 1.165) is 51.6 Å². The normalized spacial score (nSPS) is 27.1. The third-order valence-corrected chi connectivity index (χ3v) is 4.17. The number of nitriles is 1. The summed E-state index contributed by atoms with van der Waals surface area (Å²) in [6, 6.07) is 2.22. The highest BCUT2D eigenvalue weighted by Crippen LogP contribution is 2.42. The Labute approximate surface area is 102 Å². The summed E-state index contributed by atoms with van der Waals surface area (Å²) in [4.78, 5) is 14.2. The van der Waals surface area contributed by atoms with Gasteiger partial charge in [-0.05, 0) is 44.4 Å². The summed E-state index contributed by atoms with van der Waals surface area (Å²) in [6.07, 6.45) is 5.30. The van der Waals surface area contributed by atoms with Crippen molar-refractivity contribution in [2.24, 2.45) is 11.3 Å². The van der Waals surface area contributed by atoms with Gasteiger partial charge in [-0.1, -0.05) is 0 Å². The molecule has 0 bridgehead atoms. The van der Waals surface area contributed by atoms with Gasteiger partial charge in [0.2, 0.25) is 5.91 Å². The van der Waals surface area contributed by atoms with Crippen molar-refractivity contribution in [2.75, 3.05) is 19.7 Å². The highest BCUT2D eigenvalue weighted by atomic mass is 16.3. The molecular formula is C13H20N2O2. The second-order valence-corrected chi connectivity index (χ2v) is 5.32. The van der Waals surface area contributed by atoms with Gasteiger partial charge in [0.15, 0.2) is 0 Å². The molecule has 1 amide bonds. The molecule has 0 aromatic carbocycles. The molecular weight excluding hydrogens is 216 g/mol. The van der Waals surface area contributed by atoms with Crippen molar-refractivity contribution in [3.8, 4) is 6.07 Å². The molecule has 0 aromatic heterocycles. The number of amides is 1. The van der Waals surface area contributed by atoms with E-state index in [2.05, 4.69) is 6.07 Å². The number of piperidine rings is 1. The zero-order valence-corrected chi connectivity index (χ0v) is 10.2. The second kappa shape index (κ2) is 5.05. The average Bonchev–Trinajstić information content (AvgIpc) is 2.29. The zero-order chi connectivity index (χ0) is 12.3. The largest absolute Gasteiger partial charge is 0.396 e. The summed E-state index contributed by atoms with van der Waals surface area (Å²) in [6.45, 7) is 1.70. The number of hydrogen-bond acceptors (Lipinski definition) is 3. The van der Waals surface area contributed by atoms with Crippen LogP contribution in [0.4, 0.5) is 0 Å². The summed E-state index contributed by atoms with van der Waals surface area (Å²) < 4.78 is 0. The summed E-state index contributed by atoms with van der Waals surface area (Å²) in [5, 5.41) is 18.1. The number of carbonyl (C=O) groups excluding carboxylic acids is 1. The molecule has 1 unspecified atom stereocenters. The van der Waals surface area contributed by atoms with E-state index in [1.54, 1.807) is 0 Å². The first-order valence-electron chi connectivity index (χ1n) is 6.53. The Morgan fingerprint density at radius 2 is 2.24 bits per heavy atom. The summed E-state index contributed by atoms with van der Waals surface area (Å²) in [5.41, 5.74) is -0.707. The lowest BCUT2D eigenvalue weighted by atomic mass is 9.68. The molecule has 0 radical (unpaired) electrons. The SMILES string of the molecule is N#CC1(C(=O)N2CCCC(CCO)C2)CCC1. The minimum Gasteiger partial charge on any atom is -0.396 e. The number of rotatable bonds is 3. The molecule has 2 aliphatic rings. The third-order valence-electron chi connectivity index (χ3n) is 4.17. The highest BCUT2D eigenvalue weighted by Gasteiger charge is 2.47. The molecule has 94 valence electrons. The van der Waals surface area contributed by atoms with Crippen LogP contribution in [0.25, 0.3) is 0 Å². The predicted octanol–water partition coefficient (Wildman–Crippen LogP) is 1.30. The van der Waals surface area contributed by atoms with Gasteiger partial charge in [-0.25, -0.2) is 0 Å². The Morgan fingerprint density at radius 3 is 2.76 bits per heavy atom. The molecule has 1 atom stereocenters. The van der Waals surface area contributed by atoms with Crippen molar-refractivity contribution >= 4 is 5.91 Å². The molecule has 1 aliphatic carbocycles. The third kappa shape index (κ3) is 2.30. The van der Waals surface area contributed by atoms with Crippen LogP contribution >= 0.6 is 0 Å². The Hall–Kier alpha value is -1.08. The lowest BCUT2D eigenvalue weighted by Gasteiger charge is -2.41. The van der Waals surface area contributed by atoms with Gasteiger partial charge in [0.1, 0.15) is 5.41 Å². The number of hydrogen-bond donors (Lipinski definition) is 1.